The molecule has 1 aromatic carbocycles. The monoisotopic (exact) mass is 463 g/mol. The van der Waals surface area contributed by atoms with E-state index < -0.39 is 17.8 Å². The van der Waals surface area contributed by atoms with Gasteiger partial charge >= 0.3 is 0 Å². The van der Waals surface area contributed by atoms with Crippen molar-refractivity contribution in [1.29, 1.82) is 0 Å². The smallest absolute Gasteiger partial charge is 0.199 e. The molecule has 0 bridgehead atoms. The highest BCUT2D eigenvalue weighted by Gasteiger charge is 2.22. The molecule has 1 aliphatic rings. The van der Waals surface area contributed by atoms with Crippen molar-refractivity contribution in [3.63, 3.8) is 0 Å². The molecule has 0 amide bonds. The van der Waals surface area contributed by atoms with Crippen LogP contribution in [0.15, 0.2) is 42.7 Å². The average Bonchev–Trinajstić information content (AvgIpc) is 3.28. The fraction of sp³-hybridized carbons (Fsp3) is 0.238. The van der Waals surface area contributed by atoms with Crippen LogP contribution in [0.25, 0.3) is 0 Å². The Kier molecular flexibility index (Phi) is 6.43. The molecule has 10 heteroatoms. The van der Waals surface area contributed by atoms with E-state index >= 15 is 0 Å². The summed E-state index contributed by atoms with van der Waals surface area (Å²) in [5.74, 6) is -0.646. The molecule has 0 radical (unpaired) electrons. The number of rotatable bonds is 6. The zero-order valence-electron chi connectivity index (χ0n) is 16.3. The summed E-state index contributed by atoms with van der Waals surface area (Å²) in [5.41, 5.74) is 0.770. The van der Waals surface area contributed by atoms with Gasteiger partial charge in [0, 0.05) is 37.9 Å². The van der Waals surface area contributed by atoms with Crippen LogP contribution in [0.4, 0.5) is 15.9 Å². The summed E-state index contributed by atoms with van der Waals surface area (Å²) in [6.45, 7) is 3.61. The lowest BCUT2D eigenvalue weighted by atomic mass is 10.0. The number of hydrogen-bond donors (Lipinski definition) is 4. The van der Waals surface area contributed by atoms with E-state index in [4.69, 9.17) is 23.2 Å². The van der Waals surface area contributed by atoms with Gasteiger partial charge in [-0.2, -0.15) is 0 Å². The molecular formula is C21H20Cl2FN5O2. The van der Waals surface area contributed by atoms with Crippen molar-refractivity contribution in [3.8, 4) is 0 Å². The maximum absolute atomic E-state index is 14.3. The van der Waals surface area contributed by atoms with Crippen molar-refractivity contribution < 1.29 is 14.3 Å². The topological polar surface area (TPSA) is 93.3 Å². The number of pyridine rings is 1. The summed E-state index contributed by atoms with van der Waals surface area (Å²) >= 11 is 11.8. The van der Waals surface area contributed by atoms with Gasteiger partial charge in [0.1, 0.15) is 5.82 Å². The number of aliphatic hydroxyl groups is 1. The summed E-state index contributed by atoms with van der Waals surface area (Å²) in [6, 6.07) is 7.78. The molecule has 1 unspecified atom stereocenters. The van der Waals surface area contributed by atoms with Gasteiger partial charge in [-0.05, 0) is 30.3 Å². The van der Waals surface area contributed by atoms with E-state index in [2.05, 4.69) is 25.5 Å². The SMILES string of the molecule is O=C(c1c[nH]c(C(O)Nc2ccc(N3CCNCC3)nc2)c1)c1c(Cl)ccc(Cl)c1F. The number of nitrogens with zero attached hydrogens (tertiary/aromatic N) is 2. The quantitative estimate of drug-likeness (QED) is 0.253. The molecule has 0 aliphatic carbocycles. The highest BCUT2D eigenvalue weighted by atomic mass is 35.5. The van der Waals surface area contributed by atoms with Crippen molar-refractivity contribution in [2.24, 2.45) is 0 Å². The first-order chi connectivity index (χ1) is 14.9. The standard InChI is InChI=1S/C21H20Cl2FN5O2/c22-14-2-3-15(23)19(24)18(14)20(30)12-9-16(26-10-12)21(31)28-13-1-4-17(27-11-13)29-7-5-25-6-8-29/h1-4,9-11,21,25-26,28,31H,5-8H2. The molecule has 4 N–H and O–H groups in total. The number of aliphatic hydroxyl groups excluding tert-OH is 1. The first-order valence-electron chi connectivity index (χ1n) is 9.67. The van der Waals surface area contributed by atoms with Gasteiger partial charge in [-0.25, -0.2) is 9.37 Å². The zero-order chi connectivity index (χ0) is 22.0. The third kappa shape index (κ3) is 4.67. The predicted octanol–water partition coefficient (Wildman–Crippen LogP) is 3.60. The predicted molar refractivity (Wildman–Crippen MR) is 119 cm³/mol. The van der Waals surface area contributed by atoms with Crippen LogP contribution >= 0.6 is 23.2 Å². The number of carbonyl (C=O) groups is 1. The summed E-state index contributed by atoms with van der Waals surface area (Å²) in [6.07, 6.45) is 1.88. The highest BCUT2D eigenvalue weighted by molar-refractivity contribution is 6.37. The van der Waals surface area contributed by atoms with Crippen molar-refractivity contribution in [1.82, 2.24) is 15.3 Å². The first kappa shape index (κ1) is 21.6. The Labute approximate surface area is 188 Å². The Morgan fingerprint density at radius 2 is 1.94 bits per heavy atom. The Balaban J connectivity index is 1.45. The maximum Gasteiger partial charge on any atom is 0.199 e. The van der Waals surface area contributed by atoms with E-state index in [1.54, 1.807) is 6.20 Å². The number of H-pyrrole nitrogens is 1. The highest BCUT2D eigenvalue weighted by Crippen LogP contribution is 2.28. The van der Waals surface area contributed by atoms with E-state index in [1.165, 1.54) is 24.4 Å². The molecule has 7 nitrogen and oxygen atoms in total. The van der Waals surface area contributed by atoms with Crippen molar-refractivity contribution in [2.45, 2.75) is 6.23 Å². The van der Waals surface area contributed by atoms with Crippen molar-refractivity contribution in [2.75, 3.05) is 36.4 Å². The normalized spacial score (nSPS) is 15.0. The zero-order valence-corrected chi connectivity index (χ0v) is 17.8. The molecule has 0 spiro atoms. The Hall–Kier alpha value is -2.65. The minimum Gasteiger partial charge on any atom is -0.368 e. The molecule has 3 heterocycles. The molecule has 162 valence electrons. The molecule has 1 saturated heterocycles. The second-order valence-corrected chi connectivity index (χ2v) is 7.89. The molecule has 3 aromatic rings. The largest absolute Gasteiger partial charge is 0.368 e. The minimum atomic E-state index is -1.13. The number of ketones is 1. The number of aromatic amines is 1. The van der Waals surface area contributed by atoms with Gasteiger partial charge in [0.05, 0.1) is 33.2 Å². The molecule has 1 aliphatic heterocycles. The Bertz CT molecular complexity index is 1080. The molecule has 1 atom stereocenters. The molecule has 0 saturated carbocycles. The van der Waals surface area contributed by atoms with E-state index in [1.807, 2.05) is 12.1 Å². The molecule has 31 heavy (non-hydrogen) atoms. The summed E-state index contributed by atoms with van der Waals surface area (Å²) in [7, 11) is 0. The van der Waals surface area contributed by atoms with Crippen LogP contribution in [0.2, 0.25) is 10.0 Å². The number of hydrogen-bond acceptors (Lipinski definition) is 6. The number of nitrogens with one attached hydrogen (secondary N) is 3. The third-order valence-electron chi connectivity index (χ3n) is 5.03. The lowest BCUT2D eigenvalue weighted by Gasteiger charge is -2.28. The van der Waals surface area contributed by atoms with Crippen LogP contribution in [0.1, 0.15) is 27.8 Å². The van der Waals surface area contributed by atoms with Gasteiger partial charge in [-0.1, -0.05) is 23.2 Å². The average molecular weight is 464 g/mol. The number of aromatic nitrogens is 2. The van der Waals surface area contributed by atoms with Gasteiger partial charge in [0.2, 0.25) is 0 Å². The lowest BCUT2D eigenvalue weighted by molar-refractivity contribution is 0.103. The minimum absolute atomic E-state index is 0.0380. The number of anilines is 2. The number of piperazine rings is 1. The maximum atomic E-state index is 14.3. The third-order valence-corrected chi connectivity index (χ3v) is 5.63. The van der Waals surface area contributed by atoms with Crippen LogP contribution in [0.3, 0.4) is 0 Å². The van der Waals surface area contributed by atoms with Crippen LogP contribution < -0.4 is 15.5 Å². The Morgan fingerprint density at radius 3 is 2.65 bits per heavy atom. The van der Waals surface area contributed by atoms with Gasteiger partial charge < -0.3 is 25.6 Å². The first-order valence-corrected chi connectivity index (χ1v) is 10.4. The number of halogens is 3. The van der Waals surface area contributed by atoms with Crippen LogP contribution in [-0.2, 0) is 0 Å². The van der Waals surface area contributed by atoms with Crippen LogP contribution in [0, 0.1) is 5.82 Å². The molecular weight excluding hydrogens is 444 g/mol. The summed E-state index contributed by atoms with van der Waals surface area (Å²) in [4.78, 5) is 22.1. The van der Waals surface area contributed by atoms with Gasteiger partial charge in [0.25, 0.3) is 0 Å². The summed E-state index contributed by atoms with van der Waals surface area (Å²) in [5, 5.41) is 16.5. The van der Waals surface area contributed by atoms with Crippen molar-refractivity contribution >= 4 is 40.5 Å². The van der Waals surface area contributed by atoms with E-state index in [0.717, 1.165) is 32.0 Å². The second-order valence-electron chi connectivity index (χ2n) is 7.08. The fourth-order valence-corrected chi connectivity index (χ4v) is 3.76. The van der Waals surface area contributed by atoms with E-state index in [-0.39, 0.29) is 21.2 Å². The van der Waals surface area contributed by atoms with Gasteiger partial charge in [0.15, 0.2) is 17.8 Å². The van der Waals surface area contributed by atoms with Gasteiger partial charge in [-0.3, -0.25) is 4.79 Å². The van der Waals surface area contributed by atoms with Gasteiger partial charge in [-0.15, -0.1) is 0 Å². The second kappa shape index (κ2) is 9.23. The Morgan fingerprint density at radius 1 is 1.19 bits per heavy atom. The summed E-state index contributed by atoms with van der Waals surface area (Å²) < 4.78 is 14.3. The molecule has 2 aromatic heterocycles. The molecule has 1 fully saturated rings. The van der Waals surface area contributed by atoms with Crippen LogP contribution in [0.5, 0.6) is 0 Å². The number of benzene rings is 1. The molecule has 4 rings (SSSR count). The van der Waals surface area contributed by atoms with Crippen molar-refractivity contribution in [3.05, 3.63) is 75.4 Å². The number of carbonyl (C=O) groups excluding carboxylic acids is 1. The van der Waals surface area contributed by atoms with Crippen LogP contribution in [-0.4, -0.2) is 47.0 Å². The van der Waals surface area contributed by atoms with E-state index in [0.29, 0.717) is 11.4 Å². The van der Waals surface area contributed by atoms with E-state index in [9.17, 15) is 14.3 Å². The fourth-order valence-electron chi connectivity index (χ4n) is 3.37. The lowest BCUT2D eigenvalue weighted by Crippen LogP contribution is -2.43.